The number of fused-ring (bicyclic) bond motifs is 1. The van der Waals surface area contributed by atoms with Gasteiger partial charge in [-0.2, -0.15) is 0 Å². The minimum Gasteiger partial charge on any atom is -0.365 e. The summed E-state index contributed by atoms with van der Waals surface area (Å²) in [6, 6.07) is 0. The van der Waals surface area contributed by atoms with Crippen molar-refractivity contribution in [1.82, 2.24) is 4.98 Å². The van der Waals surface area contributed by atoms with Crippen LogP contribution in [-0.2, 0) is 0 Å². The van der Waals surface area contributed by atoms with Gasteiger partial charge in [-0.3, -0.25) is 4.98 Å². The third-order valence-corrected chi connectivity index (χ3v) is 3.20. The van der Waals surface area contributed by atoms with Crippen molar-refractivity contribution in [3.63, 3.8) is 0 Å². The number of rotatable bonds is 1. The first-order valence-electron chi connectivity index (χ1n) is 3.67. The lowest BCUT2D eigenvalue weighted by Crippen LogP contribution is -2.03. The van der Waals surface area contributed by atoms with Crippen LogP contribution in [0.25, 0.3) is 0 Å². The SMILES string of the molecule is Cc1ncc(P=P)c2c1NCN2. The summed E-state index contributed by atoms with van der Waals surface area (Å²) in [6.07, 6.45) is 1.89. The lowest BCUT2D eigenvalue weighted by atomic mass is 10.3. The number of hydrogen-bond donors (Lipinski definition) is 2. The number of nitrogens with zero attached hydrogens (tertiary/aromatic N) is 1. The zero-order chi connectivity index (χ0) is 8.55. The highest BCUT2D eigenvalue weighted by atomic mass is 31.7. The van der Waals surface area contributed by atoms with Crippen molar-refractivity contribution < 1.29 is 0 Å². The predicted molar refractivity (Wildman–Crippen MR) is 56.0 cm³/mol. The molecule has 0 saturated carbocycles. The highest BCUT2D eigenvalue weighted by Crippen LogP contribution is 2.28. The number of aromatic nitrogens is 1. The molecule has 62 valence electrons. The third kappa shape index (κ3) is 1.10. The highest BCUT2D eigenvalue weighted by Gasteiger charge is 2.15. The van der Waals surface area contributed by atoms with E-state index in [9.17, 15) is 0 Å². The van der Waals surface area contributed by atoms with E-state index in [0.717, 1.165) is 25.9 Å². The van der Waals surface area contributed by atoms with Gasteiger partial charge in [0.1, 0.15) is 0 Å². The molecule has 1 aromatic rings. The molecule has 2 N–H and O–H groups in total. The maximum atomic E-state index is 4.28. The molecule has 0 saturated heterocycles. The molecule has 3 nitrogen and oxygen atoms in total. The molecule has 1 aromatic heterocycles. The average Bonchev–Trinajstić information content (AvgIpc) is 2.54. The minimum atomic E-state index is 0.802. The Morgan fingerprint density at radius 1 is 1.50 bits per heavy atom. The van der Waals surface area contributed by atoms with E-state index in [4.69, 9.17) is 0 Å². The number of hydrogen-bond acceptors (Lipinski definition) is 3. The molecule has 1 aliphatic heterocycles. The van der Waals surface area contributed by atoms with Crippen LogP contribution in [0.2, 0.25) is 0 Å². The van der Waals surface area contributed by atoms with Crippen LogP contribution in [0.5, 0.6) is 0 Å². The van der Waals surface area contributed by atoms with Gasteiger partial charge >= 0.3 is 0 Å². The summed E-state index contributed by atoms with van der Waals surface area (Å²) in [4.78, 5) is 4.28. The fourth-order valence-corrected chi connectivity index (χ4v) is 2.22. The van der Waals surface area contributed by atoms with Gasteiger partial charge in [0, 0.05) is 11.5 Å². The molecule has 1 aliphatic rings. The van der Waals surface area contributed by atoms with Gasteiger partial charge in [-0.05, 0) is 14.8 Å². The second kappa shape index (κ2) is 3.01. The van der Waals surface area contributed by atoms with E-state index in [1.165, 1.54) is 11.0 Å². The van der Waals surface area contributed by atoms with E-state index in [-0.39, 0.29) is 0 Å². The first kappa shape index (κ1) is 7.97. The quantitative estimate of drug-likeness (QED) is 0.674. The van der Waals surface area contributed by atoms with Crippen molar-refractivity contribution in [3.8, 4) is 0 Å². The summed E-state index contributed by atoms with van der Waals surface area (Å²) in [5.74, 6) is 0. The Kier molecular flexibility index (Phi) is 2.00. The normalized spacial score (nSPS) is 13.8. The van der Waals surface area contributed by atoms with E-state index in [1.54, 1.807) is 0 Å². The zero-order valence-corrected chi connectivity index (χ0v) is 8.57. The Morgan fingerprint density at radius 3 is 3.00 bits per heavy atom. The number of nitrogens with one attached hydrogen (secondary N) is 2. The highest BCUT2D eigenvalue weighted by molar-refractivity contribution is 7.79. The smallest absolute Gasteiger partial charge is 0.0851 e. The fourth-order valence-electron chi connectivity index (χ4n) is 1.30. The van der Waals surface area contributed by atoms with Crippen LogP contribution in [-0.4, -0.2) is 11.7 Å². The Bertz CT molecular complexity index is 338. The van der Waals surface area contributed by atoms with Gasteiger partial charge in [-0.15, -0.1) is 0 Å². The molecule has 0 bridgehead atoms. The van der Waals surface area contributed by atoms with Gasteiger partial charge in [0.2, 0.25) is 0 Å². The van der Waals surface area contributed by atoms with E-state index in [0.29, 0.717) is 0 Å². The molecule has 5 heteroatoms. The van der Waals surface area contributed by atoms with Crippen LogP contribution in [0, 0.1) is 6.92 Å². The second-order valence-corrected chi connectivity index (χ2v) is 4.00. The summed E-state index contributed by atoms with van der Waals surface area (Å²) in [5.41, 5.74) is 3.37. The van der Waals surface area contributed by atoms with Crippen LogP contribution in [0.1, 0.15) is 5.69 Å². The summed E-state index contributed by atoms with van der Waals surface area (Å²) in [6.45, 7) is 2.81. The van der Waals surface area contributed by atoms with Gasteiger partial charge in [-0.1, -0.05) is 8.53 Å². The summed E-state index contributed by atoms with van der Waals surface area (Å²) < 4.78 is 0. The van der Waals surface area contributed by atoms with Gasteiger partial charge in [0.25, 0.3) is 0 Å². The molecule has 0 unspecified atom stereocenters. The maximum Gasteiger partial charge on any atom is 0.0851 e. The predicted octanol–water partition coefficient (Wildman–Crippen LogP) is 1.81. The lowest BCUT2D eigenvalue weighted by molar-refractivity contribution is 1.21. The molecule has 2 rings (SSSR count). The second-order valence-electron chi connectivity index (χ2n) is 2.62. The summed E-state index contributed by atoms with van der Waals surface area (Å²) >= 11 is 0. The summed E-state index contributed by atoms with van der Waals surface area (Å²) in [7, 11) is 4.51. The molecular weight excluding hydrogens is 188 g/mol. The standard InChI is InChI=1S/C7H9N3P2/c1-4-6-7(10-3-9-6)5(12-11)2-8-4/h2,9-11H,3H2,1H3. The molecule has 0 radical (unpaired) electrons. The summed E-state index contributed by atoms with van der Waals surface area (Å²) in [5, 5.41) is 7.69. The van der Waals surface area contributed by atoms with E-state index in [1.807, 2.05) is 13.1 Å². The van der Waals surface area contributed by atoms with E-state index >= 15 is 0 Å². The van der Waals surface area contributed by atoms with Crippen LogP contribution < -0.4 is 15.9 Å². The number of aryl methyl sites for hydroxylation is 1. The van der Waals surface area contributed by atoms with Gasteiger partial charge in [0.15, 0.2) is 0 Å². The fraction of sp³-hybridized carbons (Fsp3) is 0.286. The van der Waals surface area contributed by atoms with Crippen molar-refractivity contribution in [2.75, 3.05) is 17.3 Å². The van der Waals surface area contributed by atoms with Gasteiger partial charge < -0.3 is 10.6 Å². The molecule has 0 aliphatic carbocycles. The Labute approximate surface area is 74.8 Å². The Morgan fingerprint density at radius 2 is 2.25 bits per heavy atom. The molecule has 0 fully saturated rings. The Hall–Kier alpha value is -0.650. The van der Waals surface area contributed by atoms with Crippen molar-refractivity contribution in [1.29, 1.82) is 0 Å². The van der Waals surface area contributed by atoms with Gasteiger partial charge in [0.05, 0.1) is 23.7 Å². The molecule has 0 aromatic carbocycles. The maximum absolute atomic E-state index is 4.28. The van der Waals surface area contributed by atoms with Gasteiger partial charge in [-0.25, -0.2) is 0 Å². The largest absolute Gasteiger partial charge is 0.365 e. The van der Waals surface area contributed by atoms with E-state index in [2.05, 4.69) is 24.1 Å². The van der Waals surface area contributed by atoms with Crippen LogP contribution >= 0.6 is 16.4 Å². The molecule has 0 atom stereocenters. The van der Waals surface area contributed by atoms with Crippen LogP contribution in [0.3, 0.4) is 0 Å². The monoisotopic (exact) mass is 197 g/mol. The topological polar surface area (TPSA) is 37.0 Å². The minimum absolute atomic E-state index is 0.802. The van der Waals surface area contributed by atoms with Crippen LogP contribution in [0.15, 0.2) is 6.20 Å². The van der Waals surface area contributed by atoms with Crippen molar-refractivity contribution in [2.24, 2.45) is 0 Å². The first-order chi connectivity index (χ1) is 5.83. The molecular formula is C7H9N3P2. The first-order valence-corrected chi connectivity index (χ1v) is 5.91. The number of pyridine rings is 1. The molecule has 12 heavy (non-hydrogen) atoms. The van der Waals surface area contributed by atoms with Crippen molar-refractivity contribution in [2.45, 2.75) is 6.92 Å². The molecule has 0 amide bonds. The third-order valence-electron chi connectivity index (χ3n) is 1.90. The average molecular weight is 197 g/mol. The molecule has 2 heterocycles. The van der Waals surface area contributed by atoms with Crippen LogP contribution in [0.4, 0.5) is 11.4 Å². The van der Waals surface area contributed by atoms with E-state index < -0.39 is 0 Å². The van der Waals surface area contributed by atoms with Crippen molar-refractivity contribution in [3.05, 3.63) is 11.9 Å². The number of anilines is 2. The Balaban J connectivity index is 2.64. The lowest BCUT2D eigenvalue weighted by Gasteiger charge is -2.04. The zero-order valence-electron chi connectivity index (χ0n) is 6.68. The molecule has 0 spiro atoms. The van der Waals surface area contributed by atoms with Crippen molar-refractivity contribution >= 4 is 33.1 Å².